The highest BCUT2D eigenvalue weighted by atomic mass is 15.5. The lowest BCUT2D eigenvalue weighted by atomic mass is 9.79. The van der Waals surface area contributed by atoms with Gasteiger partial charge in [0.05, 0.1) is 0 Å². The molecule has 0 amide bonds. The van der Waals surface area contributed by atoms with Gasteiger partial charge in [-0.15, -0.1) is 0 Å². The molecule has 0 aliphatic heterocycles. The third-order valence-corrected chi connectivity index (χ3v) is 3.31. The third kappa shape index (κ3) is 3.56. The molecule has 0 aromatic heterocycles. The first-order chi connectivity index (χ1) is 6.63. The molecular formula is C11H25N3. The van der Waals surface area contributed by atoms with Crippen LogP contribution in [-0.4, -0.2) is 31.7 Å². The molecule has 0 heterocycles. The van der Waals surface area contributed by atoms with Crippen LogP contribution in [0.5, 0.6) is 0 Å². The Labute approximate surface area is 88.0 Å². The molecule has 84 valence electrons. The van der Waals surface area contributed by atoms with Gasteiger partial charge in [0, 0.05) is 26.7 Å². The fourth-order valence-electron chi connectivity index (χ4n) is 2.37. The lowest BCUT2D eigenvalue weighted by Gasteiger charge is -2.34. The molecule has 0 spiro atoms. The Kier molecular flexibility index (Phi) is 4.85. The number of hydrogen-bond donors (Lipinski definition) is 2. The van der Waals surface area contributed by atoms with Crippen LogP contribution in [0.2, 0.25) is 0 Å². The predicted octanol–water partition coefficient (Wildman–Crippen LogP) is 1.21. The second-order valence-electron chi connectivity index (χ2n) is 4.89. The van der Waals surface area contributed by atoms with Gasteiger partial charge in [0.1, 0.15) is 0 Å². The van der Waals surface area contributed by atoms with Crippen LogP contribution in [0.15, 0.2) is 0 Å². The standard InChI is InChI=1S/C11H25N3/c1-9-4-6-10(7-5-9)11(8-12)13-14(2)3/h9-11,13H,4-8,12H2,1-3H3. The summed E-state index contributed by atoms with van der Waals surface area (Å²) in [6.07, 6.45) is 5.42. The normalized spacial score (nSPS) is 30.6. The fourth-order valence-corrected chi connectivity index (χ4v) is 2.37. The SMILES string of the molecule is CC1CCC(C(CN)NN(C)C)CC1. The molecule has 14 heavy (non-hydrogen) atoms. The molecule has 0 bridgehead atoms. The minimum atomic E-state index is 0.470. The largest absolute Gasteiger partial charge is 0.329 e. The van der Waals surface area contributed by atoms with E-state index in [9.17, 15) is 0 Å². The van der Waals surface area contributed by atoms with Crippen molar-refractivity contribution in [2.45, 2.75) is 38.6 Å². The summed E-state index contributed by atoms with van der Waals surface area (Å²) in [5.41, 5.74) is 9.22. The van der Waals surface area contributed by atoms with Crippen molar-refractivity contribution in [1.82, 2.24) is 10.4 Å². The van der Waals surface area contributed by atoms with Gasteiger partial charge in [-0.25, -0.2) is 0 Å². The second kappa shape index (κ2) is 5.69. The molecule has 1 rings (SSSR count). The van der Waals surface area contributed by atoms with E-state index in [4.69, 9.17) is 5.73 Å². The Morgan fingerprint density at radius 2 is 1.86 bits per heavy atom. The van der Waals surface area contributed by atoms with E-state index in [0.29, 0.717) is 6.04 Å². The summed E-state index contributed by atoms with van der Waals surface area (Å²) in [4.78, 5) is 0. The topological polar surface area (TPSA) is 41.3 Å². The Morgan fingerprint density at radius 1 is 1.29 bits per heavy atom. The van der Waals surface area contributed by atoms with E-state index in [-0.39, 0.29) is 0 Å². The minimum absolute atomic E-state index is 0.470. The number of nitrogens with one attached hydrogen (secondary N) is 1. The van der Waals surface area contributed by atoms with Crippen molar-refractivity contribution in [2.24, 2.45) is 17.6 Å². The molecule has 3 N–H and O–H groups in total. The summed E-state index contributed by atoms with van der Waals surface area (Å²) in [7, 11) is 4.07. The molecule has 1 aliphatic rings. The van der Waals surface area contributed by atoms with Gasteiger partial charge >= 0.3 is 0 Å². The van der Waals surface area contributed by atoms with E-state index in [1.165, 1.54) is 25.7 Å². The smallest absolute Gasteiger partial charge is 0.0365 e. The zero-order valence-corrected chi connectivity index (χ0v) is 9.79. The molecule has 1 saturated carbocycles. The molecular weight excluding hydrogens is 174 g/mol. The monoisotopic (exact) mass is 199 g/mol. The molecule has 0 aromatic carbocycles. The Hall–Kier alpha value is -0.120. The van der Waals surface area contributed by atoms with Crippen LogP contribution in [0, 0.1) is 11.8 Å². The predicted molar refractivity (Wildman–Crippen MR) is 60.8 cm³/mol. The lowest BCUT2D eigenvalue weighted by molar-refractivity contribution is 0.159. The van der Waals surface area contributed by atoms with E-state index >= 15 is 0 Å². The molecule has 0 radical (unpaired) electrons. The Bertz CT molecular complexity index is 151. The Balaban J connectivity index is 2.36. The lowest BCUT2D eigenvalue weighted by Crippen LogP contribution is -2.49. The van der Waals surface area contributed by atoms with Gasteiger partial charge < -0.3 is 5.73 Å². The summed E-state index contributed by atoms with van der Waals surface area (Å²) in [6.45, 7) is 3.10. The van der Waals surface area contributed by atoms with Crippen LogP contribution in [0.4, 0.5) is 0 Å². The number of hydrazine groups is 1. The van der Waals surface area contributed by atoms with E-state index in [2.05, 4.69) is 12.3 Å². The fraction of sp³-hybridized carbons (Fsp3) is 1.00. The van der Waals surface area contributed by atoms with Crippen molar-refractivity contribution in [1.29, 1.82) is 0 Å². The first-order valence-corrected chi connectivity index (χ1v) is 5.77. The van der Waals surface area contributed by atoms with Crippen molar-refractivity contribution >= 4 is 0 Å². The number of hydrogen-bond acceptors (Lipinski definition) is 3. The molecule has 0 aromatic rings. The van der Waals surface area contributed by atoms with Crippen molar-refractivity contribution in [3.05, 3.63) is 0 Å². The van der Waals surface area contributed by atoms with Crippen molar-refractivity contribution in [2.75, 3.05) is 20.6 Å². The quantitative estimate of drug-likeness (QED) is 0.669. The molecule has 3 nitrogen and oxygen atoms in total. The number of rotatable bonds is 4. The first-order valence-electron chi connectivity index (χ1n) is 5.77. The highest BCUT2D eigenvalue weighted by molar-refractivity contribution is 4.80. The maximum Gasteiger partial charge on any atom is 0.0365 e. The van der Waals surface area contributed by atoms with E-state index in [1.807, 2.05) is 19.1 Å². The third-order valence-electron chi connectivity index (χ3n) is 3.31. The van der Waals surface area contributed by atoms with Crippen LogP contribution in [0.25, 0.3) is 0 Å². The van der Waals surface area contributed by atoms with Gasteiger partial charge in [0.2, 0.25) is 0 Å². The van der Waals surface area contributed by atoms with Gasteiger partial charge in [-0.1, -0.05) is 19.8 Å². The average molecular weight is 199 g/mol. The maximum absolute atomic E-state index is 5.80. The van der Waals surface area contributed by atoms with Gasteiger partial charge in [-0.2, -0.15) is 0 Å². The molecule has 1 atom stereocenters. The Morgan fingerprint density at radius 3 is 2.29 bits per heavy atom. The van der Waals surface area contributed by atoms with Crippen molar-refractivity contribution in [3.63, 3.8) is 0 Å². The molecule has 1 aliphatic carbocycles. The molecule has 1 fully saturated rings. The number of nitrogens with two attached hydrogens (primary N) is 1. The minimum Gasteiger partial charge on any atom is -0.329 e. The maximum atomic E-state index is 5.80. The molecule has 3 heteroatoms. The van der Waals surface area contributed by atoms with E-state index in [1.54, 1.807) is 0 Å². The van der Waals surface area contributed by atoms with Crippen LogP contribution in [0.1, 0.15) is 32.6 Å². The first kappa shape index (κ1) is 12.0. The van der Waals surface area contributed by atoms with E-state index in [0.717, 1.165) is 18.4 Å². The summed E-state index contributed by atoms with van der Waals surface area (Å²) in [5.74, 6) is 1.70. The molecule has 0 saturated heterocycles. The van der Waals surface area contributed by atoms with Crippen LogP contribution in [-0.2, 0) is 0 Å². The van der Waals surface area contributed by atoms with Crippen molar-refractivity contribution < 1.29 is 0 Å². The van der Waals surface area contributed by atoms with Crippen LogP contribution in [0.3, 0.4) is 0 Å². The highest BCUT2D eigenvalue weighted by Crippen LogP contribution is 2.30. The zero-order valence-electron chi connectivity index (χ0n) is 9.79. The van der Waals surface area contributed by atoms with Gasteiger partial charge in [0.25, 0.3) is 0 Å². The van der Waals surface area contributed by atoms with Crippen molar-refractivity contribution in [3.8, 4) is 0 Å². The zero-order chi connectivity index (χ0) is 10.6. The summed E-state index contributed by atoms with van der Waals surface area (Å²) in [6, 6.07) is 0.470. The molecule has 1 unspecified atom stereocenters. The highest BCUT2D eigenvalue weighted by Gasteiger charge is 2.25. The second-order valence-corrected chi connectivity index (χ2v) is 4.89. The van der Waals surface area contributed by atoms with E-state index < -0.39 is 0 Å². The van der Waals surface area contributed by atoms with Gasteiger partial charge in [-0.05, 0) is 24.7 Å². The van der Waals surface area contributed by atoms with Crippen LogP contribution < -0.4 is 11.2 Å². The summed E-state index contributed by atoms with van der Waals surface area (Å²) in [5, 5.41) is 2.02. The van der Waals surface area contributed by atoms with Gasteiger partial charge in [0.15, 0.2) is 0 Å². The van der Waals surface area contributed by atoms with Crippen LogP contribution >= 0.6 is 0 Å². The average Bonchev–Trinajstić information content (AvgIpc) is 2.15. The van der Waals surface area contributed by atoms with Gasteiger partial charge in [-0.3, -0.25) is 10.4 Å². The summed E-state index contributed by atoms with van der Waals surface area (Å²) < 4.78 is 0. The number of nitrogens with zero attached hydrogens (tertiary/aromatic N) is 1. The summed E-state index contributed by atoms with van der Waals surface area (Å²) >= 11 is 0.